The van der Waals surface area contributed by atoms with E-state index in [4.69, 9.17) is 11.5 Å². The van der Waals surface area contributed by atoms with E-state index in [1.165, 1.54) is 0 Å². The summed E-state index contributed by atoms with van der Waals surface area (Å²) in [6, 6.07) is 9.13. The van der Waals surface area contributed by atoms with Crippen LogP contribution in [0.25, 0.3) is 0 Å². The van der Waals surface area contributed by atoms with E-state index in [1.54, 1.807) is 24.4 Å². The number of aryl methyl sites for hydroxylation is 1. The van der Waals surface area contributed by atoms with E-state index in [9.17, 15) is 4.79 Å². The molecule has 1 heterocycles. The predicted octanol–water partition coefficient (Wildman–Crippen LogP) is 2.71. The third-order valence-electron chi connectivity index (χ3n) is 3.62. The Bertz CT molecular complexity index is 625. The highest BCUT2D eigenvalue weighted by molar-refractivity contribution is 6.07. The zero-order chi connectivity index (χ0) is 14.9. The van der Waals surface area contributed by atoms with E-state index in [-0.39, 0.29) is 11.6 Å². The molecule has 4 heteroatoms. The van der Waals surface area contributed by atoms with Crippen LogP contribution in [0.5, 0.6) is 0 Å². The Morgan fingerprint density at radius 3 is 2.25 bits per heavy atom. The summed E-state index contributed by atoms with van der Waals surface area (Å²) in [5.41, 5.74) is 13.8. The molecule has 0 unspecified atom stereocenters. The molecule has 1 aromatic heterocycles. The molecule has 0 aliphatic rings. The van der Waals surface area contributed by atoms with Gasteiger partial charge in [0.15, 0.2) is 5.78 Å². The maximum atomic E-state index is 12.8. The average molecular weight is 269 g/mol. The van der Waals surface area contributed by atoms with Gasteiger partial charge in [0.25, 0.3) is 0 Å². The van der Waals surface area contributed by atoms with E-state index >= 15 is 0 Å². The summed E-state index contributed by atoms with van der Waals surface area (Å²) in [5, 5.41) is 0. The van der Waals surface area contributed by atoms with Crippen molar-refractivity contribution in [3.63, 3.8) is 0 Å². The van der Waals surface area contributed by atoms with Crippen LogP contribution in [0.2, 0.25) is 0 Å². The predicted molar refractivity (Wildman–Crippen MR) is 81.6 cm³/mol. The molecule has 0 saturated carbocycles. The standard InChI is InChI=1S/C16H19N3O/c1-10-8-9-19-15(18)13(10)14(20)16(2,3)11-4-6-12(17)7-5-11/h4-9H,17H2,1-3H3,(H2,18,19). The van der Waals surface area contributed by atoms with Gasteiger partial charge in [0.2, 0.25) is 0 Å². The van der Waals surface area contributed by atoms with Crippen molar-refractivity contribution in [2.45, 2.75) is 26.2 Å². The van der Waals surface area contributed by atoms with Crippen molar-refractivity contribution in [2.24, 2.45) is 0 Å². The fraction of sp³-hybridized carbons (Fsp3) is 0.250. The zero-order valence-electron chi connectivity index (χ0n) is 12.0. The average Bonchev–Trinajstić information content (AvgIpc) is 2.38. The van der Waals surface area contributed by atoms with E-state index in [1.807, 2.05) is 32.9 Å². The van der Waals surface area contributed by atoms with E-state index in [0.717, 1.165) is 11.1 Å². The minimum Gasteiger partial charge on any atom is -0.399 e. The van der Waals surface area contributed by atoms with E-state index in [0.29, 0.717) is 11.3 Å². The second-order valence-electron chi connectivity index (χ2n) is 5.46. The summed E-state index contributed by atoms with van der Waals surface area (Å²) >= 11 is 0. The summed E-state index contributed by atoms with van der Waals surface area (Å²) < 4.78 is 0. The van der Waals surface area contributed by atoms with Gasteiger partial charge in [0, 0.05) is 11.9 Å². The van der Waals surface area contributed by atoms with Crippen LogP contribution in [0.3, 0.4) is 0 Å². The highest BCUT2D eigenvalue weighted by Gasteiger charge is 2.33. The second-order valence-corrected chi connectivity index (χ2v) is 5.46. The number of carbonyl (C=O) groups excluding carboxylic acids is 1. The number of nitrogens with zero attached hydrogens (tertiary/aromatic N) is 1. The molecule has 1 aromatic carbocycles. The van der Waals surface area contributed by atoms with Crippen molar-refractivity contribution in [3.8, 4) is 0 Å². The van der Waals surface area contributed by atoms with Gasteiger partial charge >= 0.3 is 0 Å². The Morgan fingerprint density at radius 2 is 1.70 bits per heavy atom. The molecule has 2 aromatic rings. The van der Waals surface area contributed by atoms with Crippen molar-refractivity contribution >= 4 is 17.3 Å². The number of aromatic nitrogens is 1. The highest BCUT2D eigenvalue weighted by atomic mass is 16.1. The number of pyridine rings is 1. The molecule has 2 rings (SSSR count). The monoisotopic (exact) mass is 269 g/mol. The lowest BCUT2D eigenvalue weighted by molar-refractivity contribution is 0.0908. The minimum absolute atomic E-state index is 0.0367. The van der Waals surface area contributed by atoms with Crippen molar-refractivity contribution in [1.82, 2.24) is 4.98 Å². The summed E-state index contributed by atoms with van der Waals surface area (Å²) in [4.78, 5) is 16.9. The summed E-state index contributed by atoms with van der Waals surface area (Å²) in [7, 11) is 0. The molecule has 0 amide bonds. The maximum Gasteiger partial charge on any atom is 0.176 e. The Kier molecular flexibility index (Phi) is 3.49. The molecule has 104 valence electrons. The number of ketones is 1. The number of rotatable bonds is 3. The number of hydrogen-bond donors (Lipinski definition) is 2. The fourth-order valence-corrected chi connectivity index (χ4v) is 2.22. The summed E-state index contributed by atoms with van der Waals surface area (Å²) in [6.45, 7) is 5.63. The number of nitrogen functional groups attached to an aromatic ring is 2. The first-order chi connectivity index (χ1) is 9.34. The third-order valence-corrected chi connectivity index (χ3v) is 3.62. The minimum atomic E-state index is -0.685. The number of nitrogens with two attached hydrogens (primary N) is 2. The number of anilines is 2. The van der Waals surface area contributed by atoms with Crippen LogP contribution in [0.15, 0.2) is 36.5 Å². The van der Waals surface area contributed by atoms with Gasteiger partial charge in [-0.3, -0.25) is 4.79 Å². The lowest BCUT2D eigenvalue weighted by atomic mass is 9.77. The lowest BCUT2D eigenvalue weighted by Crippen LogP contribution is -2.30. The Balaban J connectivity index is 2.48. The van der Waals surface area contributed by atoms with Gasteiger partial charge in [-0.25, -0.2) is 4.98 Å². The summed E-state index contributed by atoms with van der Waals surface area (Å²) in [5.74, 6) is 0.240. The first kappa shape index (κ1) is 14.1. The lowest BCUT2D eigenvalue weighted by Gasteiger charge is -2.25. The van der Waals surface area contributed by atoms with E-state index < -0.39 is 5.41 Å². The molecular weight excluding hydrogens is 250 g/mol. The van der Waals surface area contributed by atoms with Crippen LogP contribution in [-0.2, 0) is 5.41 Å². The number of benzene rings is 1. The molecular formula is C16H19N3O. The van der Waals surface area contributed by atoms with Crippen molar-refractivity contribution in [3.05, 3.63) is 53.2 Å². The molecule has 0 bridgehead atoms. The summed E-state index contributed by atoms with van der Waals surface area (Å²) in [6.07, 6.45) is 1.61. The number of Topliss-reactive ketones (excluding diaryl/α,β-unsaturated/α-hetero) is 1. The van der Waals surface area contributed by atoms with Crippen LogP contribution in [0.1, 0.15) is 35.3 Å². The largest absolute Gasteiger partial charge is 0.399 e. The van der Waals surface area contributed by atoms with Gasteiger partial charge in [-0.15, -0.1) is 0 Å². The van der Waals surface area contributed by atoms with Crippen LogP contribution in [-0.4, -0.2) is 10.8 Å². The normalized spacial score (nSPS) is 11.3. The maximum absolute atomic E-state index is 12.8. The van der Waals surface area contributed by atoms with Gasteiger partial charge in [-0.2, -0.15) is 0 Å². The van der Waals surface area contributed by atoms with Crippen molar-refractivity contribution in [2.75, 3.05) is 11.5 Å². The van der Waals surface area contributed by atoms with Gasteiger partial charge in [0.1, 0.15) is 5.82 Å². The quantitative estimate of drug-likeness (QED) is 0.663. The number of carbonyl (C=O) groups is 1. The Morgan fingerprint density at radius 1 is 1.10 bits per heavy atom. The molecule has 0 radical (unpaired) electrons. The third kappa shape index (κ3) is 2.37. The van der Waals surface area contributed by atoms with Crippen LogP contribution in [0.4, 0.5) is 11.5 Å². The first-order valence-electron chi connectivity index (χ1n) is 6.46. The van der Waals surface area contributed by atoms with Crippen LogP contribution < -0.4 is 11.5 Å². The van der Waals surface area contributed by atoms with Crippen LogP contribution in [0, 0.1) is 6.92 Å². The second kappa shape index (κ2) is 4.96. The molecule has 0 saturated heterocycles. The molecule has 0 aliphatic carbocycles. The van der Waals surface area contributed by atoms with Gasteiger partial charge in [0.05, 0.1) is 11.0 Å². The molecule has 0 fully saturated rings. The molecule has 20 heavy (non-hydrogen) atoms. The molecule has 0 spiro atoms. The Labute approximate surface area is 118 Å². The first-order valence-corrected chi connectivity index (χ1v) is 6.46. The van der Waals surface area contributed by atoms with Gasteiger partial charge < -0.3 is 11.5 Å². The zero-order valence-corrected chi connectivity index (χ0v) is 12.0. The Hall–Kier alpha value is -2.36. The molecule has 0 atom stereocenters. The smallest absolute Gasteiger partial charge is 0.176 e. The molecule has 0 aliphatic heterocycles. The topological polar surface area (TPSA) is 82.0 Å². The van der Waals surface area contributed by atoms with Crippen molar-refractivity contribution in [1.29, 1.82) is 0 Å². The highest BCUT2D eigenvalue weighted by Crippen LogP contribution is 2.31. The SMILES string of the molecule is Cc1ccnc(N)c1C(=O)C(C)(C)c1ccc(N)cc1. The van der Waals surface area contributed by atoms with Gasteiger partial charge in [-0.1, -0.05) is 12.1 Å². The van der Waals surface area contributed by atoms with E-state index in [2.05, 4.69) is 4.98 Å². The van der Waals surface area contributed by atoms with Gasteiger partial charge in [-0.05, 0) is 50.1 Å². The molecule has 4 N–H and O–H groups in total. The van der Waals surface area contributed by atoms with Crippen LogP contribution >= 0.6 is 0 Å². The fourth-order valence-electron chi connectivity index (χ4n) is 2.22. The molecule has 4 nitrogen and oxygen atoms in total. The van der Waals surface area contributed by atoms with Crippen molar-refractivity contribution < 1.29 is 4.79 Å². The number of hydrogen-bond acceptors (Lipinski definition) is 4.